The zero-order valence-electron chi connectivity index (χ0n) is 19.1. The van der Waals surface area contributed by atoms with Crippen LogP contribution in [0, 0.1) is 0 Å². The van der Waals surface area contributed by atoms with Gasteiger partial charge in [0.05, 0.1) is 18.9 Å². The van der Waals surface area contributed by atoms with Crippen LogP contribution in [0.2, 0.25) is 0 Å². The maximum Gasteiger partial charge on any atom is 0.195 e. The van der Waals surface area contributed by atoms with Crippen LogP contribution in [0.15, 0.2) is 53.9 Å². The van der Waals surface area contributed by atoms with E-state index in [9.17, 15) is 0 Å². The van der Waals surface area contributed by atoms with Crippen LogP contribution in [0.1, 0.15) is 43.0 Å². The lowest BCUT2D eigenvalue weighted by Crippen LogP contribution is -2.33. The molecule has 3 aromatic rings. The van der Waals surface area contributed by atoms with E-state index in [1.165, 1.54) is 5.56 Å². The molecule has 0 amide bonds. The fraction of sp³-hybridized carbons (Fsp3) is 0.480. The van der Waals surface area contributed by atoms with Crippen LogP contribution >= 0.6 is 11.8 Å². The molecule has 174 valence electrons. The van der Waals surface area contributed by atoms with Gasteiger partial charge in [-0.2, -0.15) is 0 Å². The summed E-state index contributed by atoms with van der Waals surface area (Å²) in [6.07, 6.45) is 8.51. The molecule has 0 aliphatic carbocycles. The maximum atomic E-state index is 5.83. The molecule has 5 rings (SSSR count). The minimum Gasteiger partial charge on any atom is -0.497 e. The van der Waals surface area contributed by atoms with Crippen molar-refractivity contribution in [2.75, 3.05) is 32.6 Å². The van der Waals surface area contributed by atoms with E-state index in [0.717, 1.165) is 80.1 Å². The first-order valence-electron chi connectivity index (χ1n) is 11.8. The second-order valence-corrected chi connectivity index (χ2v) is 9.72. The van der Waals surface area contributed by atoms with Crippen LogP contribution < -0.4 is 4.74 Å². The molecule has 0 saturated carbocycles. The van der Waals surface area contributed by atoms with E-state index in [0.29, 0.717) is 12.0 Å². The summed E-state index contributed by atoms with van der Waals surface area (Å²) in [4.78, 5) is 6.76. The lowest BCUT2D eigenvalue weighted by atomic mass is 9.95. The molecule has 8 heteroatoms. The Labute approximate surface area is 199 Å². The van der Waals surface area contributed by atoms with Gasteiger partial charge in [0.1, 0.15) is 11.6 Å². The number of ether oxygens (including phenoxy) is 2. The lowest BCUT2D eigenvalue weighted by Gasteiger charge is -2.31. The van der Waals surface area contributed by atoms with E-state index in [1.807, 2.05) is 30.6 Å². The Kier molecular flexibility index (Phi) is 7.24. The smallest absolute Gasteiger partial charge is 0.195 e. The lowest BCUT2D eigenvalue weighted by molar-refractivity contribution is 0.129. The highest BCUT2D eigenvalue weighted by molar-refractivity contribution is 7.99. The number of methoxy groups -OCH3 is 1. The topological polar surface area (TPSA) is 65.3 Å². The van der Waals surface area contributed by atoms with Crippen molar-refractivity contribution in [1.29, 1.82) is 0 Å². The first-order chi connectivity index (χ1) is 16.3. The number of hydrogen-bond donors (Lipinski definition) is 0. The monoisotopic (exact) mass is 465 g/mol. The zero-order chi connectivity index (χ0) is 22.5. The summed E-state index contributed by atoms with van der Waals surface area (Å²) in [5.74, 6) is 3.18. The molecular formula is C25H31N5O2S. The van der Waals surface area contributed by atoms with Gasteiger partial charge in [-0.05, 0) is 62.5 Å². The van der Waals surface area contributed by atoms with Crippen molar-refractivity contribution in [1.82, 2.24) is 24.6 Å². The minimum atomic E-state index is 0.310. The molecule has 2 fully saturated rings. The number of aromatic nitrogens is 4. The van der Waals surface area contributed by atoms with E-state index in [-0.39, 0.29) is 0 Å². The third kappa shape index (κ3) is 5.39. The number of benzene rings is 1. The number of nitrogens with zero attached hydrogens (tertiary/aromatic N) is 5. The van der Waals surface area contributed by atoms with Crippen molar-refractivity contribution in [2.24, 2.45) is 0 Å². The number of pyridine rings is 1. The van der Waals surface area contributed by atoms with E-state index in [1.54, 1.807) is 18.9 Å². The molecule has 0 N–H and O–H groups in total. The van der Waals surface area contributed by atoms with Crippen LogP contribution in [0.4, 0.5) is 0 Å². The molecule has 0 bridgehead atoms. The average molecular weight is 466 g/mol. The first-order valence-corrected chi connectivity index (χ1v) is 12.7. The molecular weight excluding hydrogens is 434 g/mol. The Morgan fingerprint density at radius 2 is 2.03 bits per heavy atom. The summed E-state index contributed by atoms with van der Waals surface area (Å²) >= 11 is 1.75. The van der Waals surface area contributed by atoms with Crippen molar-refractivity contribution < 1.29 is 9.47 Å². The number of thioether (sulfide) groups is 1. The van der Waals surface area contributed by atoms with Crippen molar-refractivity contribution in [3.63, 3.8) is 0 Å². The Morgan fingerprint density at radius 3 is 2.79 bits per heavy atom. The van der Waals surface area contributed by atoms with Crippen molar-refractivity contribution in [3.05, 3.63) is 60.2 Å². The highest BCUT2D eigenvalue weighted by Crippen LogP contribution is 2.34. The third-order valence-corrected chi connectivity index (χ3v) is 7.53. The van der Waals surface area contributed by atoms with E-state index >= 15 is 0 Å². The van der Waals surface area contributed by atoms with Crippen LogP contribution in [-0.4, -0.2) is 63.3 Å². The number of hydrogen-bond acceptors (Lipinski definition) is 7. The molecule has 2 aliphatic rings. The van der Waals surface area contributed by atoms with Gasteiger partial charge >= 0.3 is 0 Å². The van der Waals surface area contributed by atoms with Gasteiger partial charge in [-0.25, -0.2) is 0 Å². The summed E-state index contributed by atoms with van der Waals surface area (Å²) in [6, 6.07) is 12.3. The average Bonchev–Trinajstić information content (AvgIpc) is 3.54. The van der Waals surface area contributed by atoms with Gasteiger partial charge < -0.3 is 9.47 Å². The molecule has 2 aromatic heterocycles. The molecule has 7 nitrogen and oxygen atoms in total. The summed E-state index contributed by atoms with van der Waals surface area (Å²) in [7, 11) is 1.71. The normalized spacial score (nSPS) is 19.7. The van der Waals surface area contributed by atoms with Crippen molar-refractivity contribution >= 4 is 11.8 Å². The fourth-order valence-corrected chi connectivity index (χ4v) is 5.70. The van der Waals surface area contributed by atoms with Gasteiger partial charge in [0.15, 0.2) is 5.16 Å². The Bertz CT molecular complexity index is 1030. The van der Waals surface area contributed by atoms with Gasteiger partial charge in [-0.3, -0.25) is 14.5 Å². The number of likely N-dealkylation sites (tertiary alicyclic amines) is 1. The third-order valence-electron chi connectivity index (χ3n) is 6.47. The quantitative estimate of drug-likeness (QED) is 0.459. The van der Waals surface area contributed by atoms with Crippen LogP contribution in [0.25, 0.3) is 5.69 Å². The van der Waals surface area contributed by atoms with Gasteiger partial charge in [-0.15, -0.1) is 10.2 Å². The van der Waals surface area contributed by atoms with E-state index in [2.05, 4.69) is 37.7 Å². The summed E-state index contributed by atoms with van der Waals surface area (Å²) < 4.78 is 13.6. The maximum absolute atomic E-state index is 5.83. The van der Waals surface area contributed by atoms with Crippen LogP contribution in [0.5, 0.6) is 5.75 Å². The van der Waals surface area contributed by atoms with Crippen LogP contribution in [-0.2, 0) is 11.3 Å². The van der Waals surface area contributed by atoms with Crippen molar-refractivity contribution in [2.45, 2.75) is 49.4 Å². The van der Waals surface area contributed by atoms with Gasteiger partial charge in [-0.1, -0.05) is 23.9 Å². The van der Waals surface area contributed by atoms with Crippen molar-refractivity contribution in [3.8, 4) is 11.4 Å². The second-order valence-electron chi connectivity index (χ2n) is 8.74. The van der Waals surface area contributed by atoms with E-state index in [4.69, 9.17) is 14.6 Å². The second kappa shape index (κ2) is 10.7. The Hall–Kier alpha value is -2.42. The van der Waals surface area contributed by atoms with Gasteiger partial charge in [0.25, 0.3) is 0 Å². The number of piperidine rings is 1. The standard InChI is InChI=1S/C25H31N5O2S/c1-31-22-7-2-6-21(15-22)30-24(27-28-25(30)33-18-23-8-4-14-32-23)20-9-12-29(13-10-20)17-19-5-3-11-26-16-19/h2-3,5-7,11,15-16,20,23H,4,8-10,12-14,17-18H2,1H3. The predicted molar refractivity (Wildman–Crippen MR) is 129 cm³/mol. The Morgan fingerprint density at radius 1 is 1.12 bits per heavy atom. The fourth-order valence-electron chi connectivity index (χ4n) is 4.67. The molecule has 33 heavy (non-hydrogen) atoms. The molecule has 0 radical (unpaired) electrons. The summed E-state index contributed by atoms with van der Waals surface area (Å²) in [5, 5.41) is 10.3. The van der Waals surface area contributed by atoms with Crippen LogP contribution in [0.3, 0.4) is 0 Å². The molecule has 1 unspecified atom stereocenters. The molecule has 2 saturated heterocycles. The first kappa shape index (κ1) is 22.4. The van der Waals surface area contributed by atoms with E-state index < -0.39 is 0 Å². The van der Waals surface area contributed by atoms with Gasteiger partial charge in [0.2, 0.25) is 0 Å². The highest BCUT2D eigenvalue weighted by Gasteiger charge is 2.28. The SMILES string of the molecule is COc1cccc(-n2c(SCC3CCCO3)nnc2C2CCN(Cc3cccnc3)CC2)c1. The molecule has 1 aromatic carbocycles. The summed E-state index contributed by atoms with van der Waals surface area (Å²) in [6.45, 7) is 3.91. The number of rotatable bonds is 8. The molecule has 1 atom stereocenters. The molecule has 0 spiro atoms. The Balaban J connectivity index is 1.34. The highest BCUT2D eigenvalue weighted by atomic mass is 32.2. The summed E-state index contributed by atoms with van der Waals surface area (Å²) in [5.41, 5.74) is 2.32. The predicted octanol–water partition coefficient (Wildman–Crippen LogP) is 4.32. The molecule has 2 aliphatic heterocycles. The zero-order valence-corrected chi connectivity index (χ0v) is 19.9. The molecule has 4 heterocycles. The van der Waals surface area contributed by atoms with Gasteiger partial charge in [0, 0.05) is 43.3 Å². The largest absolute Gasteiger partial charge is 0.497 e. The minimum absolute atomic E-state index is 0.310.